The van der Waals surface area contributed by atoms with Crippen molar-refractivity contribution in [1.29, 1.82) is 0 Å². The van der Waals surface area contributed by atoms with Gasteiger partial charge in [-0.3, -0.25) is 0 Å². The van der Waals surface area contributed by atoms with E-state index in [4.69, 9.17) is 9.79 Å². The molecule has 0 fully saturated rings. The summed E-state index contributed by atoms with van der Waals surface area (Å²) >= 11 is 0. The van der Waals surface area contributed by atoms with Gasteiger partial charge in [-0.1, -0.05) is 0 Å². The van der Waals surface area contributed by atoms with E-state index in [9.17, 15) is 4.57 Å². The van der Waals surface area contributed by atoms with Gasteiger partial charge in [-0.05, 0) is 0 Å². The third-order valence-corrected chi connectivity index (χ3v) is 0.412. The molecule has 0 aromatic heterocycles. The fourth-order valence-electron chi connectivity index (χ4n) is 0. The Labute approximate surface area is 39.4 Å². The molecule has 0 aliphatic heterocycles. The van der Waals surface area contributed by atoms with Crippen molar-refractivity contribution in [2.24, 2.45) is 5.90 Å². The van der Waals surface area contributed by atoms with Crippen molar-refractivity contribution in [2.45, 2.75) is 0 Å². The molecule has 0 amide bonds. The number of hydrogen-bond acceptors (Lipinski definition) is 3. The van der Waals surface area contributed by atoms with Crippen LogP contribution in [0, 0.1) is 0 Å². The van der Waals surface area contributed by atoms with Gasteiger partial charge in [-0.15, -0.1) is 0 Å². The Bertz CT molecular complexity index is 72.1. The molecule has 0 aliphatic rings. The zero-order valence-corrected chi connectivity index (χ0v) is 4.13. The number of hydrogen-bond donors (Lipinski definition) is 3. The summed E-state index contributed by atoms with van der Waals surface area (Å²) in [4.78, 5) is 15.2. The molecular weight excluding hydrogens is 125 g/mol. The van der Waals surface area contributed by atoms with Crippen LogP contribution in [0.2, 0.25) is 0 Å². The summed E-state index contributed by atoms with van der Waals surface area (Å²) in [5.74, 6) is 4.04. The Balaban J connectivity index is 0. The Morgan fingerprint density at radius 2 is 1.71 bits per heavy atom. The van der Waals surface area contributed by atoms with E-state index in [0.717, 1.165) is 0 Å². The lowest BCUT2D eigenvalue weighted by Crippen LogP contribution is -1.93. The normalized spacial score (nSPS) is 10.1. The summed E-state index contributed by atoms with van der Waals surface area (Å²) in [6.45, 7) is 0. The van der Waals surface area contributed by atoms with Crippen molar-refractivity contribution in [3.63, 3.8) is 0 Å². The summed E-state index contributed by atoms with van der Waals surface area (Å²) in [5, 5.41) is 0. The average molecular weight is 131 g/mol. The maximum atomic E-state index is 9.35. The molecule has 0 unspecified atom stereocenters. The molecule has 0 bridgehead atoms. The van der Waals surface area contributed by atoms with Crippen molar-refractivity contribution in [3.05, 3.63) is 0 Å². The van der Waals surface area contributed by atoms with Crippen LogP contribution in [0.4, 0.5) is 0 Å². The van der Waals surface area contributed by atoms with Gasteiger partial charge in [0, 0.05) is 0 Å². The zero-order chi connectivity index (χ0) is 5.21. The maximum absolute atomic E-state index is 9.35. The van der Waals surface area contributed by atoms with Crippen molar-refractivity contribution in [3.8, 4) is 0 Å². The smallest absolute Gasteiger partial charge is 0.412 e. The highest BCUT2D eigenvalue weighted by Crippen LogP contribution is 2.32. The molecule has 6 nitrogen and oxygen atoms in total. The quantitative estimate of drug-likeness (QED) is 0.284. The highest BCUT2D eigenvalue weighted by molar-refractivity contribution is 7.46. The van der Waals surface area contributed by atoms with Gasteiger partial charge in [0.05, 0.1) is 0 Å². The third kappa shape index (κ3) is 10.7. The lowest BCUT2D eigenvalue weighted by atomic mass is 13.6. The van der Waals surface area contributed by atoms with E-state index in [0.29, 0.717) is 0 Å². The first kappa shape index (κ1) is 10.1. The van der Waals surface area contributed by atoms with Crippen LogP contribution in [0.25, 0.3) is 0 Å². The Hall–Kier alpha value is 0.0300. The molecule has 0 saturated heterocycles. The molecular formula is H6NO5P. The summed E-state index contributed by atoms with van der Waals surface area (Å²) < 4.78 is 12.5. The van der Waals surface area contributed by atoms with Gasteiger partial charge in [0.1, 0.15) is 0 Å². The van der Waals surface area contributed by atoms with Crippen LogP contribution in [0.3, 0.4) is 0 Å². The van der Waals surface area contributed by atoms with Crippen LogP contribution >= 0.6 is 7.82 Å². The first-order chi connectivity index (χ1) is 2.56. The summed E-state index contributed by atoms with van der Waals surface area (Å²) in [5.41, 5.74) is 0. The van der Waals surface area contributed by atoms with Crippen molar-refractivity contribution < 1.29 is 24.5 Å². The molecule has 0 rings (SSSR count). The number of phosphoric acid groups is 1. The lowest BCUT2D eigenvalue weighted by Gasteiger charge is -1.92. The van der Waals surface area contributed by atoms with E-state index in [2.05, 4.69) is 10.5 Å². The first-order valence-electron chi connectivity index (χ1n) is 1.00. The minimum Gasteiger partial charge on any atom is -0.412 e. The molecule has 6 N–H and O–H groups in total. The first-order valence-corrected chi connectivity index (χ1v) is 2.53. The summed E-state index contributed by atoms with van der Waals surface area (Å²) in [6, 6.07) is 0. The van der Waals surface area contributed by atoms with Crippen molar-refractivity contribution >= 4 is 7.82 Å². The van der Waals surface area contributed by atoms with Gasteiger partial charge in [-0.25, -0.2) is 15.1 Å². The third-order valence-electron chi connectivity index (χ3n) is 0.137. The van der Waals surface area contributed by atoms with E-state index < -0.39 is 7.82 Å². The minimum absolute atomic E-state index is 0. The largest absolute Gasteiger partial charge is 0.485 e. The molecule has 0 spiro atoms. The summed E-state index contributed by atoms with van der Waals surface area (Å²) in [6.07, 6.45) is 0. The van der Waals surface area contributed by atoms with Gasteiger partial charge in [0.15, 0.2) is 0 Å². The number of nitrogens with two attached hydrogens (primary N) is 1. The number of rotatable bonds is 1. The Kier molecular flexibility index (Phi) is 4.46. The minimum atomic E-state index is -4.37. The lowest BCUT2D eigenvalue weighted by molar-refractivity contribution is 0.201. The second-order valence-corrected chi connectivity index (χ2v) is 1.79. The molecule has 0 radical (unpaired) electrons. The highest BCUT2D eigenvalue weighted by Gasteiger charge is 2.08. The van der Waals surface area contributed by atoms with E-state index in [-0.39, 0.29) is 5.48 Å². The molecule has 7 heteroatoms. The van der Waals surface area contributed by atoms with Gasteiger partial charge in [0.2, 0.25) is 0 Å². The summed E-state index contributed by atoms with van der Waals surface area (Å²) in [7, 11) is -4.37. The van der Waals surface area contributed by atoms with E-state index in [1.807, 2.05) is 0 Å². The highest BCUT2D eigenvalue weighted by atomic mass is 31.2. The fourth-order valence-corrected chi connectivity index (χ4v) is 0. The van der Waals surface area contributed by atoms with Gasteiger partial charge in [-0.2, -0.15) is 0 Å². The van der Waals surface area contributed by atoms with E-state index in [1.54, 1.807) is 0 Å². The molecule has 7 heavy (non-hydrogen) atoms. The van der Waals surface area contributed by atoms with Crippen LogP contribution in [0.1, 0.15) is 0 Å². The molecule has 46 valence electrons. The van der Waals surface area contributed by atoms with Crippen molar-refractivity contribution in [1.82, 2.24) is 0 Å². The van der Waals surface area contributed by atoms with Gasteiger partial charge >= 0.3 is 7.82 Å². The molecule has 0 atom stereocenters. The SMILES string of the molecule is NOP(=O)(O)O.O. The predicted octanol–water partition coefficient (Wildman–Crippen LogP) is -1.86. The zero-order valence-electron chi connectivity index (χ0n) is 3.24. The van der Waals surface area contributed by atoms with Crippen LogP contribution < -0.4 is 5.90 Å². The standard InChI is InChI=1S/H4NO4P.H2O/c1-5-6(2,3)4;/h1H2,(H2,2,3,4);1H2. The predicted molar refractivity (Wildman–Crippen MR) is 20.9 cm³/mol. The molecule has 0 aromatic rings. The van der Waals surface area contributed by atoms with Crippen LogP contribution in [-0.4, -0.2) is 15.3 Å². The maximum Gasteiger partial charge on any atom is 0.485 e. The van der Waals surface area contributed by atoms with E-state index >= 15 is 0 Å². The second kappa shape index (κ2) is 3.09. The van der Waals surface area contributed by atoms with Gasteiger partial charge < -0.3 is 15.3 Å². The molecule has 0 saturated carbocycles. The molecule has 0 heterocycles. The topological polar surface area (TPSA) is 124 Å². The van der Waals surface area contributed by atoms with Crippen LogP contribution in [0.15, 0.2) is 0 Å². The Morgan fingerprint density at radius 3 is 1.71 bits per heavy atom. The van der Waals surface area contributed by atoms with Crippen LogP contribution in [0.5, 0.6) is 0 Å². The Morgan fingerprint density at radius 1 is 1.57 bits per heavy atom. The van der Waals surface area contributed by atoms with E-state index in [1.165, 1.54) is 0 Å². The second-order valence-electron chi connectivity index (χ2n) is 0.596. The molecule has 0 aromatic carbocycles. The fraction of sp³-hybridized carbons (Fsp3) is 0. The van der Waals surface area contributed by atoms with Crippen LogP contribution in [-0.2, 0) is 9.19 Å². The average Bonchev–Trinajstić information content (AvgIpc) is 1.35. The molecule has 0 aliphatic carbocycles. The van der Waals surface area contributed by atoms with Crippen molar-refractivity contribution in [2.75, 3.05) is 0 Å². The van der Waals surface area contributed by atoms with Gasteiger partial charge in [0.25, 0.3) is 0 Å². The monoisotopic (exact) mass is 131 g/mol.